The number of piperidine rings is 1. The Morgan fingerprint density at radius 2 is 1.87 bits per heavy atom. The van der Waals surface area contributed by atoms with Gasteiger partial charge in [0.25, 0.3) is 11.8 Å². The Kier molecular flexibility index (Phi) is 5.90. The molecule has 2 heterocycles. The van der Waals surface area contributed by atoms with Crippen molar-refractivity contribution in [3.05, 3.63) is 53.1 Å². The first-order valence-corrected chi connectivity index (χ1v) is 10.1. The third-order valence-corrected chi connectivity index (χ3v) is 5.54. The molecule has 2 aromatic rings. The Morgan fingerprint density at radius 3 is 2.60 bits per heavy atom. The maximum Gasteiger partial charge on any atom is 0.262 e. The van der Waals surface area contributed by atoms with Crippen LogP contribution in [0.3, 0.4) is 0 Å². The summed E-state index contributed by atoms with van der Waals surface area (Å²) in [5, 5.41) is 3.33. The van der Waals surface area contributed by atoms with Crippen molar-refractivity contribution in [2.75, 3.05) is 31.6 Å². The Bertz CT molecular complexity index is 968. The first-order valence-electron chi connectivity index (χ1n) is 9.76. The number of anilines is 1. The highest BCUT2D eigenvalue weighted by atomic mass is 35.5. The van der Waals surface area contributed by atoms with Crippen molar-refractivity contribution in [3.63, 3.8) is 0 Å². The lowest BCUT2D eigenvalue weighted by atomic mass is 9.88. The number of ketones is 1. The maximum absolute atomic E-state index is 12.9. The summed E-state index contributed by atoms with van der Waals surface area (Å²) in [6.45, 7) is 0.938. The van der Waals surface area contributed by atoms with Gasteiger partial charge in [-0.25, -0.2) is 0 Å². The van der Waals surface area contributed by atoms with E-state index in [2.05, 4.69) is 5.32 Å². The van der Waals surface area contributed by atoms with E-state index in [0.29, 0.717) is 53.7 Å². The first-order chi connectivity index (χ1) is 14.5. The Labute approximate surface area is 178 Å². The largest absolute Gasteiger partial charge is 0.484 e. The molecule has 0 atom stereocenters. The second-order valence-corrected chi connectivity index (χ2v) is 7.75. The molecule has 8 heteroatoms. The van der Waals surface area contributed by atoms with Gasteiger partial charge < -0.3 is 19.7 Å². The highest BCUT2D eigenvalue weighted by Gasteiger charge is 2.29. The van der Waals surface area contributed by atoms with E-state index in [1.165, 1.54) is 0 Å². The van der Waals surface area contributed by atoms with E-state index in [0.717, 1.165) is 0 Å². The van der Waals surface area contributed by atoms with Crippen molar-refractivity contribution in [1.82, 2.24) is 4.90 Å². The molecule has 0 unspecified atom stereocenters. The number of carbonyl (C=O) groups is 3. The van der Waals surface area contributed by atoms with Gasteiger partial charge in [0.1, 0.15) is 11.5 Å². The summed E-state index contributed by atoms with van der Waals surface area (Å²) in [4.78, 5) is 38.5. The average Bonchev–Trinajstić information content (AvgIpc) is 2.77. The smallest absolute Gasteiger partial charge is 0.262 e. The lowest BCUT2D eigenvalue weighted by Crippen LogP contribution is -2.42. The van der Waals surface area contributed by atoms with Crippen LogP contribution in [-0.2, 0) is 9.59 Å². The first kappa shape index (κ1) is 20.2. The average molecular weight is 429 g/mol. The quantitative estimate of drug-likeness (QED) is 0.739. The number of amides is 2. The van der Waals surface area contributed by atoms with Crippen LogP contribution in [-0.4, -0.2) is 48.8 Å². The standard InChI is InChI=1S/C22H21ClN2O5/c23-16-2-4-17(5-3-16)29-13-21(27)25-9-7-14(8-10-25)22(28)15-1-6-19-18(11-15)24-20(26)12-30-19/h1-6,11,14H,7-10,12-13H2,(H,24,26). The van der Waals surface area contributed by atoms with Gasteiger partial charge in [-0.2, -0.15) is 0 Å². The van der Waals surface area contributed by atoms with E-state index in [9.17, 15) is 14.4 Å². The van der Waals surface area contributed by atoms with Crippen molar-refractivity contribution in [1.29, 1.82) is 0 Å². The van der Waals surface area contributed by atoms with Crippen LogP contribution in [0.15, 0.2) is 42.5 Å². The summed E-state index contributed by atoms with van der Waals surface area (Å²) >= 11 is 5.84. The molecule has 1 N–H and O–H groups in total. The predicted octanol–water partition coefficient (Wildman–Crippen LogP) is 3.17. The molecule has 0 saturated carbocycles. The minimum atomic E-state index is -0.236. The lowest BCUT2D eigenvalue weighted by molar-refractivity contribution is -0.134. The second kappa shape index (κ2) is 8.75. The van der Waals surface area contributed by atoms with Crippen LogP contribution >= 0.6 is 11.6 Å². The van der Waals surface area contributed by atoms with Crippen molar-refractivity contribution in [2.24, 2.45) is 5.92 Å². The minimum Gasteiger partial charge on any atom is -0.484 e. The molecule has 30 heavy (non-hydrogen) atoms. The van der Waals surface area contributed by atoms with Crippen LogP contribution in [0, 0.1) is 5.92 Å². The zero-order valence-electron chi connectivity index (χ0n) is 16.2. The van der Waals surface area contributed by atoms with Gasteiger partial charge in [-0.05, 0) is 55.3 Å². The van der Waals surface area contributed by atoms with Gasteiger partial charge >= 0.3 is 0 Å². The number of hydrogen-bond acceptors (Lipinski definition) is 5. The van der Waals surface area contributed by atoms with Gasteiger partial charge in [0.2, 0.25) is 0 Å². The van der Waals surface area contributed by atoms with E-state index in [1.54, 1.807) is 47.4 Å². The normalized spacial score (nSPS) is 16.3. The summed E-state index contributed by atoms with van der Waals surface area (Å²) in [7, 11) is 0. The van der Waals surface area contributed by atoms with Gasteiger partial charge in [0.15, 0.2) is 19.0 Å². The van der Waals surface area contributed by atoms with Crippen LogP contribution in [0.5, 0.6) is 11.5 Å². The molecule has 0 radical (unpaired) electrons. The third-order valence-electron chi connectivity index (χ3n) is 5.29. The molecule has 2 aromatic carbocycles. The third kappa shape index (κ3) is 4.57. The Balaban J connectivity index is 1.30. The number of nitrogens with one attached hydrogen (secondary N) is 1. The van der Waals surface area contributed by atoms with Crippen LogP contribution in [0.25, 0.3) is 0 Å². The van der Waals surface area contributed by atoms with Crippen LogP contribution in [0.4, 0.5) is 5.69 Å². The summed E-state index contributed by atoms with van der Waals surface area (Å²) < 4.78 is 10.8. The van der Waals surface area contributed by atoms with E-state index >= 15 is 0 Å². The fourth-order valence-corrected chi connectivity index (χ4v) is 3.76. The molecule has 0 aromatic heterocycles. The van der Waals surface area contributed by atoms with Gasteiger partial charge in [-0.15, -0.1) is 0 Å². The molecular weight excluding hydrogens is 408 g/mol. The van der Waals surface area contributed by atoms with E-state index < -0.39 is 0 Å². The molecule has 7 nitrogen and oxygen atoms in total. The number of benzene rings is 2. The fraction of sp³-hybridized carbons (Fsp3) is 0.318. The van der Waals surface area contributed by atoms with E-state index in [1.807, 2.05) is 0 Å². The SMILES string of the molecule is O=C1COc2ccc(C(=O)C3CCN(C(=O)COc4ccc(Cl)cc4)CC3)cc2N1. The van der Waals surface area contributed by atoms with Gasteiger partial charge in [-0.3, -0.25) is 14.4 Å². The summed E-state index contributed by atoms with van der Waals surface area (Å²) in [6.07, 6.45) is 1.18. The van der Waals surface area contributed by atoms with Crippen molar-refractivity contribution < 1.29 is 23.9 Å². The topological polar surface area (TPSA) is 84.9 Å². The molecular formula is C22H21ClN2O5. The number of fused-ring (bicyclic) bond motifs is 1. The highest BCUT2D eigenvalue weighted by molar-refractivity contribution is 6.30. The number of rotatable bonds is 5. The number of hydrogen-bond donors (Lipinski definition) is 1. The Hall–Kier alpha value is -3.06. The molecule has 2 amide bonds. The monoisotopic (exact) mass is 428 g/mol. The van der Waals surface area contributed by atoms with Gasteiger partial charge in [0, 0.05) is 29.6 Å². The zero-order valence-corrected chi connectivity index (χ0v) is 17.0. The summed E-state index contributed by atoms with van der Waals surface area (Å²) in [5.41, 5.74) is 1.06. The van der Waals surface area contributed by atoms with Crippen LogP contribution < -0.4 is 14.8 Å². The fourth-order valence-electron chi connectivity index (χ4n) is 3.63. The molecule has 2 aliphatic heterocycles. The number of carbonyl (C=O) groups excluding carboxylic acids is 3. The van der Waals surface area contributed by atoms with Crippen molar-refractivity contribution in [2.45, 2.75) is 12.8 Å². The zero-order chi connectivity index (χ0) is 21.1. The molecule has 2 aliphatic rings. The van der Waals surface area contributed by atoms with Crippen molar-refractivity contribution >= 4 is 34.9 Å². The van der Waals surface area contributed by atoms with Crippen molar-refractivity contribution in [3.8, 4) is 11.5 Å². The van der Waals surface area contributed by atoms with Gasteiger partial charge in [0.05, 0.1) is 5.69 Å². The molecule has 156 valence electrons. The second-order valence-electron chi connectivity index (χ2n) is 7.31. The molecule has 0 bridgehead atoms. The molecule has 1 fully saturated rings. The number of nitrogens with zero attached hydrogens (tertiary/aromatic N) is 1. The van der Waals surface area contributed by atoms with E-state index in [4.69, 9.17) is 21.1 Å². The van der Waals surface area contributed by atoms with Gasteiger partial charge in [-0.1, -0.05) is 11.6 Å². The Morgan fingerprint density at radius 1 is 1.13 bits per heavy atom. The summed E-state index contributed by atoms with van der Waals surface area (Å²) in [5.74, 6) is 0.657. The number of Topliss-reactive ketones (excluding diaryl/α,β-unsaturated/α-hetero) is 1. The van der Waals surface area contributed by atoms with Crippen LogP contribution in [0.1, 0.15) is 23.2 Å². The molecule has 0 spiro atoms. The maximum atomic E-state index is 12.9. The predicted molar refractivity (Wildman–Crippen MR) is 111 cm³/mol. The number of ether oxygens (including phenoxy) is 2. The lowest BCUT2D eigenvalue weighted by Gasteiger charge is -2.31. The molecule has 1 saturated heterocycles. The van der Waals surface area contributed by atoms with Crippen LogP contribution in [0.2, 0.25) is 5.02 Å². The van der Waals surface area contributed by atoms with E-state index in [-0.39, 0.29) is 36.7 Å². The molecule has 4 rings (SSSR count). The highest BCUT2D eigenvalue weighted by Crippen LogP contribution is 2.31. The minimum absolute atomic E-state index is 0.0159. The summed E-state index contributed by atoms with van der Waals surface area (Å²) in [6, 6.07) is 11.9. The number of halogens is 1. The molecule has 0 aliphatic carbocycles. The number of likely N-dealkylation sites (tertiary alicyclic amines) is 1.